The van der Waals surface area contributed by atoms with Gasteiger partial charge < -0.3 is 13.7 Å². The monoisotopic (exact) mass is 451 g/mol. The predicted octanol–water partition coefficient (Wildman–Crippen LogP) is 4.81. The normalized spacial score (nSPS) is 11.1. The first-order chi connectivity index (χ1) is 15.5. The smallest absolute Gasteiger partial charge is 0.249 e. The second-order valence-corrected chi connectivity index (χ2v) is 7.87. The number of aryl methyl sites for hydroxylation is 1. The lowest BCUT2D eigenvalue weighted by Crippen LogP contribution is -2.36. The number of hydrogen-bond donors (Lipinski definition) is 0. The van der Waals surface area contributed by atoms with Crippen molar-refractivity contribution in [3.8, 4) is 22.9 Å². The lowest BCUT2D eigenvalue weighted by molar-refractivity contribution is -0.134. The molecule has 0 spiro atoms. The number of carbonyl (C=O) groups is 1. The van der Waals surface area contributed by atoms with Gasteiger partial charge in [0.2, 0.25) is 29.5 Å². The lowest BCUT2D eigenvalue weighted by atomic mass is 10.2. The summed E-state index contributed by atoms with van der Waals surface area (Å²) >= 11 is 6.20. The maximum absolute atomic E-state index is 12.9. The largest absolute Gasteiger partial charge is 0.421 e. The Bertz CT molecular complexity index is 1190. The molecule has 9 heteroatoms. The Kier molecular flexibility index (Phi) is 6.61. The molecule has 0 aliphatic heterocycles. The molecule has 164 valence electrons. The highest BCUT2D eigenvalue weighted by atomic mass is 35.5. The summed E-state index contributed by atoms with van der Waals surface area (Å²) in [5, 5.41) is 16.8. The fourth-order valence-corrected chi connectivity index (χ4v) is 3.39. The SMILES string of the molecule is CC(C)N(Cc1nnc(-c2ccccc2Cl)o1)C(=O)CCc1nnc(-c2ccccc2)o1. The van der Waals surface area contributed by atoms with Gasteiger partial charge in [0.15, 0.2) is 0 Å². The molecule has 0 aliphatic carbocycles. The predicted molar refractivity (Wildman–Crippen MR) is 118 cm³/mol. The summed E-state index contributed by atoms with van der Waals surface area (Å²) in [5.74, 6) is 1.44. The van der Waals surface area contributed by atoms with Crippen LogP contribution in [0.3, 0.4) is 0 Å². The molecule has 0 saturated heterocycles. The van der Waals surface area contributed by atoms with Crippen molar-refractivity contribution in [2.45, 2.75) is 39.3 Å². The van der Waals surface area contributed by atoms with Gasteiger partial charge in [-0.2, -0.15) is 0 Å². The summed E-state index contributed by atoms with van der Waals surface area (Å²) in [7, 11) is 0. The number of nitrogens with zero attached hydrogens (tertiary/aromatic N) is 5. The summed E-state index contributed by atoms with van der Waals surface area (Å²) in [4.78, 5) is 14.6. The molecule has 0 bridgehead atoms. The number of benzene rings is 2. The van der Waals surface area contributed by atoms with Crippen LogP contribution in [0.25, 0.3) is 22.9 Å². The molecule has 0 N–H and O–H groups in total. The molecule has 2 heterocycles. The quantitative estimate of drug-likeness (QED) is 0.379. The third kappa shape index (κ3) is 5.03. The molecule has 8 nitrogen and oxygen atoms in total. The van der Waals surface area contributed by atoms with E-state index in [-0.39, 0.29) is 24.9 Å². The Balaban J connectivity index is 1.40. The topological polar surface area (TPSA) is 98.2 Å². The first kappa shape index (κ1) is 21.7. The lowest BCUT2D eigenvalue weighted by Gasteiger charge is -2.25. The Morgan fingerprint density at radius 1 is 0.906 bits per heavy atom. The maximum atomic E-state index is 12.9. The third-order valence-electron chi connectivity index (χ3n) is 4.86. The number of carbonyl (C=O) groups excluding carboxylic acids is 1. The summed E-state index contributed by atoms with van der Waals surface area (Å²) < 4.78 is 11.5. The molecule has 4 rings (SSSR count). The van der Waals surface area contributed by atoms with Crippen molar-refractivity contribution in [3.63, 3.8) is 0 Å². The standard InChI is InChI=1S/C23H22ClN5O3/c1-15(2)29(14-20-26-28-23(32-20)17-10-6-7-11-18(17)24)21(30)13-12-19-25-27-22(31-19)16-8-4-3-5-9-16/h3-11,15H,12-14H2,1-2H3. The second kappa shape index (κ2) is 9.74. The number of rotatable bonds is 8. The van der Waals surface area contributed by atoms with Crippen molar-refractivity contribution in [1.82, 2.24) is 25.3 Å². The molecule has 0 saturated carbocycles. The fraction of sp³-hybridized carbons (Fsp3) is 0.261. The van der Waals surface area contributed by atoms with E-state index in [0.29, 0.717) is 40.6 Å². The molecule has 0 atom stereocenters. The van der Waals surface area contributed by atoms with Gasteiger partial charge in [0.05, 0.1) is 17.1 Å². The second-order valence-electron chi connectivity index (χ2n) is 7.46. The van der Waals surface area contributed by atoms with Crippen LogP contribution in [0.5, 0.6) is 0 Å². The number of hydrogen-bond acceptors (Lipinski definition) is 7. The van der Waals surface area contributed by atoms with E-state index in [1.807, 2.05) is 56.3 Å². The van der Waals surface area contributed by atoms with Gasteiger partial charge in [-0.05, 0) is 38.1 Å². The highest BCUT2D eigenvalue weighted by molar-refractivity contribution is 6.33. The third-order valence-corrected chi connectivity index (χ3v) is 5.19. The minimum absolute atomic E-state index is 0.0549. The number of halogens is 1. The van der Waals surface area contributed by atoms with E-state index in [9.17, 15) is 4.79 Å². The summed E-state index contributed by atoms with van der Waals surface area (Å²) in [6.07, 6.45) is 0.566. The van der Waals surface area contributed by atoms with Crippen LogP contribution >= 0.6 is 11.6 Å². The fourth-order valence-electron chi connectivity index (χ4n) is 3.17. The van der Waals surface area contributed by atoms with Gasteiger partial charge in [-0.25, -0.2) is 0 Å². The van der Waals surface area contributed by atoms with Crippen LogP contribution in [-0.4, -0.2) is 37.2 Å². The van der Waals surface area contributed by atoms with Crippen molar-refractivity contribution >= 4 is 17.5 Å². The average Bonchev–Trinajstić information content (AvgIpc) is 3.46. The van der Waals surface area contributed by atoms with E-state index in [1.165, 1.54) is 0 Å². The highest BCUT2D eigenvalue weighted by Gasteiger charge is 2.22. The molecule has 0 aliphatic rings. The maximum Gasteiger partial charge on any atom is 0.249 e. The van der Waals surface area contributed by atoms with Gasteiger partial charge in [0, 0.05) is 24.4 Å². The van der Waals surface area contributed by atoms with Crippen LogP contribution in [-0.2, 0) is 17.8 Å². The Labute approximate surface area is 190 Å². The van der Waals surface area contributed by atoms with Crippen molar-refractivity contribution in [1.29, 1.82) is 0 Å². The van der Waals surface area contributed by atoms with E-state index in [2.05, 4.69) is 20.4 Å². The summed E-state index contributed by atoms with van der Waals surface area (Å²) in [6, 6.07) is 16.7. The zero-order chi connectivity index (χ0) is 22.5. The molecule has 4 aromatic rings. The van der Waals surface area contributed by atoms with Gasteiger partial charge in [0.1, 0.15) is 0 Å². The van der Waals surface area contributed by atoms with Crippen molar-refractivity contribution in [3.05, 3.63) is 71.4 Å². The summed E-state index contributed by atoms with van der Waals surface area (Å²) in [6.45, 7) is 4.07. The van der Waals surface area contributed by atoms with Crippen LogP contribution < -0.4 is 0 Å². The van der Waals surface area contributed by atoms with Gasteiger partial charge in [-0.15, -0.1) is 20.4 Å². The first-order valence-corrected chi connectivity index (χ1v) is 10.6. The first-order valence-electron chi connectivity index (χ1n) is 10.3. The molecule has 2 aromatic carbocycles. The molecule has 2 aromatic heterocycles. The molecule has 0 radical (unpaired) electrons. The highest BCUT2D eigenvalue weighted by Crippen LogP contribution is 2.26. The van der Waals surface area contributed by atoms with Crippen LogP contribution in [0.4, 0.5) is 0 Å². The Morgan fingerprint density at radius 3 is 2.31 bits per heavy atom. The average molecular weight is 452 g/mol. The van der Waals surface area contributed by atoms with E-state index in [4.69, 9.17) is 20.4 Å². The molecule has 0 unspecified atom stereocenters. The van der Waals surface area contributed by atoms with E-state index < -0.39 is 0 Å². The minimum atomic E-state index is -0.0723. The molecule has 0 fully saturated rings. The van der Waals surface area contributed by atoms with Crippen molar-refractivity contribution in [2.75, 3.05) is 0 Å². The van der Waals surface area contributed by atoms with Gasteiger partial charge >= 0.3 is 0 Å². The van der Waals surface area contributed by atoms with Gasteiger partial charge in [0.25, 0.3) is 0 Å². The zero-order valence-electron chi connectivity index (χ0n) is 17.7. The van der Waals surface area contributed by atoms with Crippen LogP contribution in [0.2, 0.25) is 5.02 Å². The molecule has 1 amide bonds. The minimum Gasteiger partial charge on any atom is -0.421 e. The van der Waals surface area contributed by atoms with Crippen LogP contribution in [0, 0.1) is 0 Å². The molecular weight excluding hydrogens is 430 g/mol. The van der Waals surface area contributed by atoms with E-state index >= 15 is 0 Å². The van der Waals surface area contributed by atoms with Crippen LogP contribution in [0.15, 0.2) is 63.4 Å². The summed E-state index contributed by atoms with van der Waals surface area (Å²) in [5.41, 5.74) is 1.49. The van der Waals surface area contributed by atoms with Gasteiger partial charge in [-0.1, -0.05) is 41.9 Å². The van der Waals surface area contributed by atoms with E-state index in [0.717, 1.165) is 5.56 Å². The molecule has 32 heavy (non-hydrogen) atoms. The van der Waals surface area contributed by atoms with Crippen LogP contribution in [0.1, 0.15) is 32.0 Å². The van der Waals surface area contributed by atoms with E-state index in [1.54, 1.807) is 17.0 Å². The Morgan fingerprint density at radius 2 is 1.56 bits per heavy atom. The zero-order valence-corrected chi connectivity index (χ0v) is 18.5. The molecular formula is C23H22ClN5O3. The van der Waals surface area contributed by atoms with Gasteiger partial charge in [-0.3, -0.25) is 4.79 Å². The number of amides is 1. The van der Waals surface area contributed by atoms with Crippen molar-refractivity contribution in [2.24, 2.45) is 0 Å². The number of aromatic nitrogens is 4. The Hall–Kier alpha value is -3.52. The van der Waals surface area contributed by atoms with Crippen molar-refractivity contribution < 1.29 is 13.6 Å².